The van der Waals surface area contributed by atoms with Crippen LogP contribution in [-0.4, -0.2) is 17.9 Å². The number of methoxy groups -OCH3 is 1. The molecule has 2 heterocycles. The highest BCUT2D eigenvalue weighted by atomic mass is 32.2. The highest BCUT2D eigenvalue weighted by molar-refractivity contribution is 7.98. The molecule has 1 atom stereocenters. The van der Waals surface area contributed by atoms with Crippen molar-refractivity contribution in [3.05, 3.63) is 120 Å². The summed E-state index contributed by atoms with van der Waals surface area (Å²) in [5.41, 5.74) is 6.82. The van der Waals surface area contributed by atoms with Gasteiger partial charge in [-0.15, -0.1) is 11.8 Å². The fraction of sp³-hybridized carbons (Fsp3) is 0.172. The molecule has 174 valence electrons. The second-order valence-electron chi connectivity index (χ2n) is 8.66. The van der Waals surface area contributed by atoms with E-state index in [1.807, 2.05) is 22.8 Å². The van der Waals surface area contributed by atoms with Gasteiger partial charge in [0.15, 0.2) is 4.80 Å². The first-order chi connectivity index (χ1) is 17.2. The van der Waals surface area contributed by atoms with E-state index in [0.717, 1.165) is 40.2 Å². The molecule has 0 amide bonds. The van der Waals surface area contributed by atoms with Crippen LogP contribution in [0.3, 0.4) is 0 Å². The monoisotopic (exact) mass is 496 g/mol. The summed E-state index contributed by atoms with van der Waals surface area (Å²) in [6, 6.07) is 24.7. The van der Waals surface area contributed by atoms with Crippen molar-refractivity contribution in [1.29, 1.82) is 0 Å². The van der Waals surface area contributed by atoms with E-state index in [-0.39, 0.29) is 11.6 Å². The second kappa shape index (κ2) is 9.02. The van der Waals surface area contributed by atoms with Gasteiger partial charge in [0.05, 0.1) is 23.4 Å². The normalized spacial score (nSPS) is 16.9. The zero-order chi connectivity index (χ0) is 23.9. The van der Waals surface area contributed by atoms with Crippen molar-refractivity contribution in [2.75, 3.05) is 13.4 Å². The number of thiazole rings is 1. The molecular weight excluding hydrogens is 472 g/mol. The Labute approximate surface area is 211 Å². The van der Waals surface area contributed by atoms with Gasteiger partial charge in [-0.1, -0.05) is 59.9 Å². The van der Waals surface area contributed by atoms with Crippen LogP contribution in [0.25, 0.3) is 11.8 Å². The molecule has 0 N–H and O–H groups in total. The minimum absolute atomic E-state index is 0.00826. The molecule has 4 nitrogen and oxygen atoms in total. The molecule has 0 saturated carbocycles. The molecule has 6 heteroatoms. The number of ether oxygens (including phenoxy) is 1. The van der Waals surface area contributed by atoms with Crippen LogP contribution < -0.4 is 19.6 Å². The standard InChI is InChI=1S/C29H24N2O2S2/c1-33-21-12-9-20(10-13-21)27-24-16-11-19-5-3-4-6-23(19)26(24)30-29-31(27)28(32)25(35-29)17-18-7-14-22(34-2)15-8-18/h3-10,12-15,17,27H,11,16H2,1-2H3/b25-17-/t27-/m1/s1. The molecule has 3 aromatic carbocycles. The summed E-state index contributed by atoms with van der Waals surface area (Å²) in [5, 5.41) is 0. The number of fused-ring (bicyclic) bond motifs is 3. The van der Waals surface area contributed by atoms with Gasteiger partial charge in [-0.05, 0) is 71.7 Å². The van der Waals surface area contributed by atoms with Crippen LogP contribution in [0.1, 0.15) is 34.7 Å². The molecule has 1 aliphatic carbocycles. The van der Waals surface area contributed by atoms with E-state index in [0.29, 0.717) is 4.53 Å². The first-order valence-electron chi connectivity index (χ1n) is 11.6. The zero-order valence-electron chi connectivity index (χ0n) is 19.5. The van der Waals surface area contributed by atoms with Crippen LogP contribution in [-0.2, 0) is 6.42 Å². The van der Waals surface area contributed by atoms with E-state index in [1.54, 1.807) is 18.9 Å². The quantitative estimate of drug-likeness (QED) is 0.372. The first kappa shape index (κ1) is 22.1. The van der Waals surface area contributed by atoms with Crippen LogP contribution in [0.4, 0.5) is 0 Å². The molecule has 2 aliphatic rings. The van der Waals surface area contributed by atoms with Crippen molar-refractivity contribution in [3.63, 3.8) is 0 Å². The third-order valence-corrected chi connectivity index (χ3v) is 8.44. The van der Waals surface area contributed by atoms with Crippen molar-refractivity contribution in [1.82, 2.24) is 4.57 Å². The predicted octanol–water partition coefficient (Wildman–Crippen LogP) is 5.05. The smallest absolute Gasteiger partial charge is 0.271 e. The Bertz CT molecular complexity index is 1630. The average molecular weight is 497 g/mol. The summed E-state index contributed by atoms with van der Waals surface area (Å²) in [6.07, 6.45) is 5.87. The molecule has 0 unspecified atom stereocenters. The van der Waals surface area contributed by atoms with Crippen molar-refractivity contribution in [2.24, 2.45) is 4.99 Å². The Morgan fingerprint density at radius 2 is 1.80 bits per heavy atom. The Balaban J connectivity index is 1.58. The molecule has 0 fully saturated rings. The van der Waals surface area contributed by atoms with Gasteiger partial charge in [-0.25, -0.2) is 4.99 Å². The molecule has 1 aliphatic heterocycles. The van der Waals surface area contributed by atoms with E-state index in [2.05, 4.69) is 66.9 Å². The SMILES string of the molecule is COc1ccc([C@@H]2C3=C(N=c4s/c(=C\c5ccc(SC)cc5)c(=O)n42)c2ccccc2CC3)cc1. The van der Waals surface area contributed by atoms with Crippen molar-refractivity contribution >= 4 is 34.9 Å². The number of aromatic nitrogens is 1. The van der Waals surface area contributed by atoms with E-state index in [4.69, 9.17) is 9.73 Å². The molecule has 1 aromatic heterocycles. The number of rotatable bonds is 4. The molecule has 0 radical (unpaired) electrons. The first-order valence-corrected chi connectivity index (χ1v) is 13.6. The maximum absolute atomic E-state index is 13.8. The lowest BCUT2D eigenvalue weighted by molar-refractivity contribution is 0.414. The summed E-state index contributed by atoms with van der Waals surface area (Å²) in [7, 11) is 1.67. The average Bonchev–Trinajstić information content (AvgIpc) is 3.22. The van der Waals surface area contributed by atoms with E-state index < -0.39 is 0 Å². The van der Waals surface area contributed by atoms with Crippen molar-refractivity contribution < 1.29 is 4.74 Å². The molecule has 0 spiro atoms. The molecule has 6 rings (SSSR count). The molecular formula is C29H24N2O2S2. The minimum atomic E-state index is -0.179. The van der Waals surface area contributed by atoms with Gasteiger partial charge in [-0.3, -0.25) is 9.36 Å². The molecule has 4 aromatic rings. The summed E-state index contributed by atoms with van der Waals surface area (Å²) >= 11 is 3.18. The van der Waals surface area contributed by atoms with Crippen LogP contribution in [0, 0.1) is 0 Å². The van der Waals surface area contributed by atoms with Gasteiger partial charge in [0.1, 0.15) is 5.75 Å². The Kier molecular flexibility index (Phi) is 5.71. The Morgan fingerprint density at radius 1 is 1.03 bits per heavy atom. The van der Waals surface area contributed by atoms with Crippen molar-refractivity contribution in [3.8, 4) is 5.75 Å². The maximum Gasteiger partial charge on any atom is 0.271 e. The lowest BCUT2D eigenvalue weighted by atomic mass is 9.83. The van der Waals surface area contributed by atoms with Gasteiger partial charge in [0.25, 0.3) is 5.56 Å². The summed E-state index contributed by atoms with van der Waals surface area (Å²) in [4.78, 5) is 20.8. The fourth-order valence-corrected chi connectivity index (χ4v) is 6.37. The third kappa shape index (κ3) is 3.87. The number of aryl methyl sites for hydroxylation is 1. The number of allylic oxidation sites excluding steroid dienone is 1. The summed E-state index contributed by atoms with van der Waals surface area (Å²) in [5.74, 6) is 0.804. The lowest BCUT2D eigenvalue weighted by Crippen LogP contribution is -2.38. The molecule has 0 bridgehead atoms. The van der Waals surface area contributed by atoms with E-state index in [1.165, 1.54) is 32.9 Å². The topological polar surface area (TPSA) is 43.6 Å². The predicted molar refractivity (Wildman–Crippen MR) is 144 cm³/mol. The highest BCUT2D eigenvalue weighted by Gasteiger charge is 2.32. The highest BCUT2D eigenvalue weighted by Crippen LogP contribution is 2.41. The second-order valence-corrected chi connectivity index (χ2v) is 10.5. The summed E-state index contributed by atoms with van der Waals surface area (Å²) in [6.45, 7) is 0. The summed E-state index contributed by atoms with van der Waals surface area (Å²) < 4.78 is 7.98. The van der Waals surface area contributed by atoms with E-state index in [9.17, 15) is 4.79 Å². The van der Waals surface area contributed by atoms with Gasteiger partial charge in [-0.2, -0.15) is 0 Å². The molecule has 0 saturated heterocycles. The van der Waals surface area contributed by atoms with Gasteiger partial charge in [0.2, 0.25) is 0 Å². The van der Waals surface area contributed by atoms with Crippen LogP contribution >= 0.6 is 23.1 Å². The van der Waals surface area contributed by atoms with Crippen molar-refractivity contribution in [2.45, 2.75) is 23.8 Å². The Morgan fingerprint density at radius 3 is 2.54 bits per heavy atom. The molecule has 35 heavy (non-hydrogen) atoms. The van der Waals surface area contributed by atoms with Gasteiger partial charge < -0.3 is 4.74 Å². The minimum Gasteiger partial charge on any atom is -0.497 e. The number of benzene rings is 3. The number of hydrogen-bond donors (Lipinski definition) is 0. The number of nitrogens with zero attached hydrogens (tertiary/aromatic N) is 2. The largest absolute Gasteiger partial charge is 0.497 e. The van der Waals surface area contributed by atoms with E-state index >= 15 is 0 Å². The zero-order valence-corrected chi connectivity index (χ0v) is 21.2. The number of thioether (sulfide) groups is 1. The van der Waals surface area contributed by atoms with Crippen LogP contribution in [0.2, 0.25) is 0 Å². The maximum atomic E-state index is 13.8. The number of hydrogen-bond acceptors (Lipinski definition) is 5. The van der Waals surface area contributed by atoms with Gasteiger partial charge in [0, 0.05) is 10.5 Å². The third-order valence-electron chi connectivity index (χ3n) is 6.72. The van der Waals surface area contributed by atoms with Crippen LogP contribution in [0.15, 0.2) is 93.1 Å². The lowest BCUT2D eigenvalue weighted by Gasteiger charge is -2.30. The van der Waals surface area contributed by atoms with Gasteiger partial charge >= 0.3 is 0 Å². The Hall–Kier alpha value is -3.35. The fourth-order valence-electron chi connectivity index (χ4n) is 4.96. The van der Waals surface area contributed by atoms with Crippen LogP contribution in [0.5, 0.6) is 5.75 Å².